The number of carbonyl (C=O) groups excluding carboxylic acids is 1. The van der Waals surface area contributed by atoms with Crippen molar-refractivity contribution in [1.29, 1.82) is 0 Å². The molecule has 1 aliphatic rings. The van der Waals surface area contributed by atoms with Crippen LogP contribution in [0.15, 0.2) is 24.6 Å². The third kappa shape index (κ3) is 1.62. The minimum absolute atomic E-state index is 0.416. The summed E-state index contributed by atoms with van der Waals surface area (Å²) in [7, 11) is 0. The van der Waals surface area contributed by atoms with Crippen molar-refractivity contribution < 1.29 is 9.53 Å². The van der Waals surface area contributed by atoms with E-state index >= 15 is 0 Å². The molecule has 0 aromatic rings. The molecule has 0 unspecified atom stereocenters. The Hall–Kier alpha value is -1.25. The van der Waals surface area contributed by atoms with E-state index in [0.717, 1.165) is 19.0 Å². The van der Waals surface area contributed by atoms with E-state index in [0.29, 0.717) is 5.88 Å². The van der Waals surface area contributed by atoms with Crippen molar-refractivity contribution in [3.8, 4) is 0 Å². The summed E-state index contributed by atoms with van der Waals surface area (Å²) in [5, 5.41) is 2.89. The molecule has 0 atom stereocenters. The van der Waals surface area contributed by atoms with E-state index in [1.165, 1.54) is 0 Å². The van der Waals surface area contributed by atoms with Crippen LogP contribution >= 0.6 is 0 Å². The number of rotatable bonds is 2. The quantitative estimate of drug-likeness (QED) is 0.448. The van der Waals surface area contributed by atoms with E-state index in [1.807, 2.05) is 6.08 Å². The first-order chi connectivity index (χ1) is 4.83. The van der Waals surface area contributed by atoms with Crippen LogP contribution in [-0.4, -0.2) is 12.5 Å². The van der Waals surface area contributed by atoms with Gasteiger partial charge in [0.15, 0.2) is 5.88 Å². The normalized spacial score (nSPS) is 15.4. The fraction of sp³-hybridized carbons (Fsp3) is 0.286. The summed E-state index contributed by atoms with van der Waals surface area (Å²) in [5.41, 5.74) is 0. The van der Waals surface area contributed by atoms with E-state index < -0.39 is 5.97 Å². The fourth-order valence-electron chi connectivity index (χ4n) is 0.699. The first-order valence-electron chi connectivity index (χ1n) is 3.11. The molecule has 3 nitrogen and oxygen atoms in total. The highest BCUT2D eigenvalue weighted by Crippen LogP contribution is 2.02. The van der Waals surface area contributed by atoms with Crippen molar-refractivity contribution in [1.82, 2.24) is 5.32 Å². The van der Waals surface area contributed by atoms with Gasteiger partial charge in [0, 0.05) is 12.6 Å². The second-order valence-corrected chi connectivity index (χ2v) is 1.91. The zero-order valence-corrected chi connectivity index (χ0v) is 5.59. The Morgan fingerprint density at radius 3 is 3.20 bits per heavy atom. The minimum Gasteiger partial charge on any atom is -0.407 e. The topological polar surface area (TPSA) is 38.3 Å². The highest BCUT2D eigenvalue weighted by atomic mass is 16.5. The second kappa shape index (κ2) is 3.06. The lowest BCUT2D eigenvalue weighted by atomic mass is 10.5. The van der Waals surface area contributed by atoms with Crippen LogP contribution in [0.5, 0.6) is 0 Å². The second-order valence-electron chi connectivity index (χ2n) is 1.91. The van der Waals surface area contributed by atoms with Crippen molar-refractivity contribution in [2.75, 3.05) is 6.54 Å². The molecule has 0 aromatic carbocycles. The van der Waals surface area contributed by atoms with Gasteiger partial charge in [0.1, 0.15) is 0 Å². The van der Waals surface area contributed by atoms with Crippen LogP contribution in [0.25, 0.3) is 0 Å². The zero-order valence-electron chi connectivity index (χ0n) is 5.59. The van der Waals surface area contributed by atoms with E-state index in [9.17, 15) is 4.79 Å². The number of esters is 1. The minimum atomic E-state index is -0.416. The van der Waals surface area contributed by atoms with Crippen LogP contribution in [-0.2, 0) is 9.53 Å². The Morgan fingerprint density at radius 2 is 2.70 bits per heavy atom. The molecule has 0 saturated carbocycles. The number of carbonyl (C=O) groups is 1. The Balaban J connectivity index is 2.37. The summed E-state index contributed by atoms with van der Waals surface area (Å²) >= 11 is 0. The van der Waals surface area contributed by atoms with Gasteiger partial charge in [-0.05, 0) is 12.5 Å². The predicted molar refractivity (Wildman–Crippen MR) is 37.0 cm³/mol. The molecule has 0 saturated heterocycles. The molecule has 1 N–H and O–H groups in total. The maximum Gasteiger partial charge on any atom is 0.336 e. The molecule has 1 rings (SSSR count). The van der Waals surface area contributed by atoms with Crippen molar-refractivity contribution in [2.45, 2.75) is 6.42 Å². The summed E-state index contributed by atoms with van der Waals surface area (Å²) in [5.74, 6) is 0.130. The van der Waals surface area contributed by atoms with Crippen molar-refractivity contribution >= 4 is 5.97 Å². The highest BCUT2D eigenvalue weighted by molar-refractivity contribution is 5.82. The van der Waals surface area contributed by atoms with Gasteiger partial charge < -0.3 is 10.1 Å². The van der Waals surface area contributed by atoms with Gasteiger partial charge in [-0.1, -0.05) is 6.58 Å². The Morgan fingerprint density at radius 1 is 1.90 bits per heavy atom. The molecular weight excluding hydrogens is 130 g/mol. The SMILES string of the molecule is C=CC(=O)OC1=CCCN1. The van der Waals surface area contributed by atoms with Gasteiger partial charge in [0.05, 0.1) is 0 Å². The average Bonchev–Trinajstić information content (AvgIpc) is 2.40. The van der Waals surface area contributed by atoms with Gasteiger partial charge in [-0.3, -0.25) is 0 Å². The number of hydrogen-bond donors (Lipinski definition) is 1. The lowest BCUT2D eigenvalue weighted by Crippen LogP contribution is -2.12. The van der Waals surface area contributed by atoms with Crippen molar-refractivity contribution in [3.63, 3.8) is 0 Å². The predicted octanol–water partition coefficient (Wildman–Crippen LogP) is 0.550. The molecular formula is C7H9NO2. The van der Waals surface area contributed by atoms with Crippen LogP contribution in [0.4, 0.5) is 0 Å². The molecule has 0 aliphatic carbocycles. The van der Waals surface area contributed by atoms with Gasteiger partial charge in [0.25, 0.3) is 0 Å². The van der Waals surface area contributed by atoms with Gasteiger partial charge >= 0.3 is 5.97 Å². The Labute approximate surface area is 59.4 Å². The molecule has 1 heterocycles. The molecule has 3 heteroatoms. The molecule has 0 fully saturated rings. The Kier molecular flexibility index (Phi) is 2.10. The van der Waals surface area contributed by atoms with Crippen LogP contribution in [0.1, 0.15) is 6.42 Å². The highest BCUT2D eigenvalue weighted by Gasteiger charge is 2.05. The first kappa shape index (κ1) is 6.86. The van der Waals surface area contributed by atoms with Crippen LogP contribution < -0.4 is 5.32 Å². The number of ether oxygens (including phenoxy) is 1. The molecule has 0 spiro atoms. The van der Waals surface area contributed by atoms with Crippen LogP contribution in [0, 0.1) is 0 Å². The zero-order chi connectivity index (χ0) is 7.40. The maximum absolute atomic E-state index is 10.5. The average molecular weight is 139 g/mol. The molecule has 1 aliphatic heterocycles. The molecule has 54 valence electrons. The van der Waals surface area contributed by atoms with E-state index in [1.54, 1.807) is 0 Å². The monoisotopic (exact) mass is 139 g/mol. The van der Waals surface area contributed by atoms with Crippen molar-refractivity contribution in [3.05, 3.63) is 24.6 Å². The fourth-order valence-corrected chi connectivity index (χ4v) is 0.699. The number of nitrogens with one attached hydrogen (secondary N) is 1. The van der Waals surface area contributed by atoms with Gasteiger partial charge in [-0.2, -0.15) is 0 Å². The summed E-state index contributed by atoms with van der Waals surface area (Å²) in [6.07, 6.45) is 3.89. The van der Waals surface area contributed by atoms with Crippen LogP contribution in [0.2, 0.25) is 0 Å². The first-order valence-corrected chi connectivity index (χ1v) is 3.11. The van der Waals surface area contributed by atoms with E-state index in [2.05, 4.69) is 11.9 Å². The summed E-state index contributed by atoms with van der Waals surface area (Å²) in [4.78, 5) is 10.5. The van der Waals surface area contributed by atoms with Gasteiger partial charge in [0.2, 0.25) is 0 Å². The third-order valence-electron chi connectivity index (χ3n) is 1.15. The molecule has 0 amide bonds. The van der Waals surface area contributed by atoms with E-state index in [-0.39, 0.29) is 0 Å². The standard InChI is InChI=1S/C7H9NO2/c1-2-7(9)10-6-4-3-5-8-6/h2,4,8H,1,3,5H2. The maximum atomic E-state index is 10.5. The largest absolute Gasteiger partial charge is 0.407 e. The van der Waals surface area contributed by atoms with E-state index in [4.69, 9.17) is 4.74 Å². The smallest absolute Gasteiger partial charge is 0.336 e. The summed E-state index contributed by atoms with van der Waals surface area (Å²) < 4.78 is 4.75. The molecule has 10 heavy (non-hydrogen) atoms. The molecule has 0 bridgehead atoms. The summed E-state index contributed by atoms with van der Waals surface area (Å²) in [6.45, 7) is 4.12. The lowest BCUT2D eigenvalue weighted by Gasteiger charge is -2.01. The van der Waals surface area contributed by atoms with Crippen LogP contribution in [0.3, 0.4) is 0 Å². The lowest BCUT2D eigenvalue weighted by molar-refractivity contribution is -0.134. The number of hydrogen-bond acceptors (Lipinski definition) is 3. The third-order valence-corrected chi connectivity index (χ3v) is 1.15. The van der Waals surface area contributed by atoms with Crippen molar-refractivity contribution in [2.24, 2.45) is 0 Å². The summed E-state index contributed by atoms with van der Waals surface area (Å²) in [6, 6.07) is 0. The molecule has 0 radical (unpaired) electrons. The molecule has 0 aromatic heterocycles. The van der Waals surface area contributed by atoms with Gasteiger partial charge in [-0.25, -0.2) is 4.79 Å². The Bertz CT molecular complexity index is 184. The van der Waals surface area contributed by atoms with Gasteiger partial charge in [-0.15, -0.1) is 0 Å².